The minimum absolute atomic E-state index is 0.0202. The largest absolute Gasteiger partial charge is 0.513 e. The Morgan fingerprint density at radius 3 is 2.46 bits per heavy atom. The number of aromatic nitrogens is 2. The van der Waals surface area contributed by atoms with Gasteiger partial charge in [0.05, 0.1) is 24.3 Å². The molecule has 0 N–H and O–H groups in total. The first-order chi connectivity index (χ1) is 18.0. The number of hydrogen-bond acceptors (Lipinski definition) is 8. The molecule has 0 spiro atoms. The number of nitrogens with zero attached hydrogens (tertiary/aromatic N) is 2. The highest BCUT2D eigenvalue weighted by Crippen LogP contribution is 2.37. The first kappa shape index (κ1) is 27.6. The lowest BCUT2D eigenvalue weighted by Gasteiger charge is -2.15. The van der Waals surface area contributed by atoms with E-state index in [1.165, 1.54) is 12.4 Å². The molecule has 1 aromatic heterocycles. The quantitative estimate of drug-likeness (QED) is 0.141. The summed E-state index contributed by atoms with van der Waals surface area (Å²) in [6.07, 6.45) is 6.96. The fraction of sp³-hybridized carbons (Fsp3) is 0.379. The standard InChI is InChI=1S/C29H34N2O6/c1-4-6-7-11-18-34-29(33)36-25-15-14-23(35-20-21(3)5-2)19-24(25)26-27(31-17-16-30-26)37-28(32)22-12-9-8-10-13-22/h8-10,12-17,19,21H,4-7,11,18,20H2,1-3H3. The molecule has 37 heavy (non-hydrogen) atoms. The zero-order valence-electron chi connectivity index (χ0n) is 21.6. The lowest BCUT2D eigenvalue weighted by molar-refractivity contribution is 0.0727. The predicted molar refractivity (Wildman–Crippen MR) is 140 cm³/mol. The maximum Gasteiger partial charge on any atom is 0.513 e. The second-order valence-corrected chi connectivity index (χ2v) is 8.71. The van der Waals surface area contributed by atoms with Gasteiger partial charge in [-0.1, -0.05) is 64.7 Å². The normalized spacial score (nSPS) is 11.4. The monoisotopic (exact) mass is 506 g/mol. The molecule has 0 aliphatic carbocycles. The molecule has 0 aliphatic rings. The maximum absolute atomic E-state index is 12.7. The lowest BCUT2D eigenvalue weighted by Crippen LogP contribution is -2.13. The topological polar surface area (TPSA) is 96.8 Å². The van der Waals surface area contributed by atoms with Crippen molar-refractivity contribution in [2.75, 3.05) is 13.2 Å². The first-order valence-electron chi connectivity index (χ1n) is 12.7. The van der Waals surface area contributed by atoms with Crippen molar-refractivity contribution in [1.29, 1.82) is 0 Å². The summed E-state index contributed by atoms with van der Waals surface area (Å²) < 4.78 is 22.3. The van der Waals surface area contributed by atoms with Crippen LogP contribution in [0.2, 0.25) is 0 Å². The Morgan fingerprint density at radius 1 is 0.919 bits per heavy atom. The molecule has 0 aliphatic heterocycles. The molecule has 0 saturated carbocycles. The molecule has 0 fully saturated rings. The van der Waals surface area contributed by atoms with Gasteiger partial charge in [-0.25, -0.2) is 19.6 Å². The van der Waals surface area contributed by atoms with Gasteiger partial charge in [0.2, 0.25) is 5.88 Å². The molecular weight excluding hydrogens is 472 g/mol. The minimum Gasteiger partial charge on any atom is -0.493 e. The van der Waals surface area contributed by atoms with Crippen LogP contribution in [0.15, 0.2) is 60.9 Å². The van der Waals surface area contributed by atoms with Crippen LogP contribution >= 0.6 is 0 Å². The van der Waals surface area contributed by atoms with Gasteiger partial charge in [-0.2, -0.15) is 0 Å². The Labute approximate surface area is 218 Å². The number of benzene rings is 2. The van der Waals surface area contributed by atoms with Crippen molar-refractivity contribution in [1.82, 2.24) is 9.97 Å². The van der Waals surface area contributed by atoms with Crippen LogP contribution in [0.3, 0.4) is 0 Å². The van der Waals surface area contributed by atoms with Gasteiger partial charge in [0.1, 0.15) is 17.2 Å². The number of rotatable bonds is 13. The lowest BCUT2D eigenvalue weighted by atomic mass is 10.1. The van der Waals surface area contributed by atoms with Gasteiger partial charge in [-0.15, -0.1) is 0 Å². The van der Waals surface area contributed by atoms with Crippen LogP contribution in [-0.2, 0) is 4.74 Å². The van der Waals surface area contributed by atoms with Gasteiger partial charge in [-0.3, -0.25) is 0 Å². The summed E-state index contributed by atoms with van der Waals surface area (Å²) in [6, 6.07) is 13.6. The number of carbonyl (C=O) groups excluding carboxylic acids is 2. The molecule has 0 saturated heterocycles. The second kappa shape index (κ2) is 14.6. The highest BCUT2D eigenvalue weighted by atomic mass is 16.7. The summed E-state index contributed by atoms with van der Waals surface area (Å²) in [4.78, 5) is 33.7. The van der Waals surface area contributed by atoms with E-state index in [-0.39, 0.29) is 23.9 Å². The molecule has 3 aromatic rings. The average molecular weight is 507 g/mol. The molecule has 0 radical (unpaired) electrons. The highest BCUT2D eigenvalue weighted by molar-refractivity contribution is 5.91. The van der Waals surface area contributed by atoms with E-state index in [4.69, 9.17) is 18.9 Å². The third-order valence-electron chi connectivity index (χ3n) is 5.71. The van der Waals surface area contributed by atoms with E-state index in [0.29, 0.717) is 29.4 Å². The van der Waals surface area contributed by atoms with Crippen LogP contribution in [0.5, 0.6) is 17.4 Å². The Kier molecular flexibility index (Phi) is 10.9. The summed E-state index contributed by atoms with van der Waals surface area (Å²) >= 11 is 0. The molecule has 1 atom stereocenters. The zero-order valence-corrected chi connectivity index (χ0v) is 21.6. The second-order valence-electron chi connectivity index (χ2n) is 8.71. The third-order valence-corrected chi connectivity index (χ3v) is 5.71. The SMILES string of the molecule is CCCCCCOC(=O)Oc1ccc(OCC(C)CC)cc1-c1nccnc1OC(=O)c1ccccc1. The van der Waals surface area contributed by atoms with Crippen LogP contribution in [0.4, 0.5) is 4.79 Å². The summed E-state index contributed by atoms with van der Waals surface area (Å²) in [5.41, 5.74) is 0.980. The van der Waals surface area contributed by atoms with E-state index in [1.54, 1.807) is 42.5 Å². The third kappa shape index (κ3) is 8.59. The molecule has 0 bridgehead atoms. The number of esters is 1. The summed E-state index contributed by atoms with van der Waals surface area (Å²) in [5, 5.41) is 0. The van der Waals surface area contributed by atoms with E-state index < -0.39 is 12.1 Å². The van der Waals surface area contributed by atoms with Gasteiger partial charge >= 0.3 is 12.1 Å². The fourth-order valence-corrected chi connectivity index (χ4v) is 3.34. The maximum atomic E-state index is 12.7. The number of ether oxygens (including phenoxy) is 4. The molecule has 8 heteroatoms. The van der Waals surface area contributed by atoms with Crippen molar-refractivity contribution in [2.45, 2.75) is 52.9 Å². The van der Waals surface area contributed by atoms with Crippen LogP contribution in [0, 0.1) is 5.92 Å². The molecular formula is C29H34N2O6. The van der Waals surface area contributed by atoms with E-state index >= 15 is 0 Å². The first-order valence-corrected chi connectivity index (χ1v) is 12.7. The van der Waals surface area contributed by atoms with Gasteiger partial charge < -0.3 is 18.9 Å². The number of hydrogen-bond donors (Lipinski definition) is 0. The van der Waals surface area contributed by atoms with Crippen molar-refractivity contribution in [3.63, 3.8) is 0 Å². The Morgan fingerprint density at radius 2 is 1.70 bits per heavy atom. The van der Waals surface area contributed by atoms with Crippen LogP contribution < -0.4 is 14.2 Å². The summed E-state index contributed by atoms with van der Waals surface area (Å²) in [5.74, 6) is 0.503. The van der Waals surface area contributed by atoms with Crippen molar-refractivity contribution in [2.24, 2.45) is 5.92 Å². The minimum atomic E-state index is -0.822. The van der Waals surface area contributed by atoms with E-state index in [9.17, 15) is 9.59 Å². The zero-order chi connectivity index (χ0) is 26.5. The van der Waals surface area contributed by atoms with Gasteiger partial charge in [0, 0.05) is 12.4 Å². The van der Waals surface area contributed by atoms with E-state index in [0.717, 1.165) is 32.1 Å². The molecule has 196 valence electrons. The number of carbonyl (C=O) groups is 2. The Bertz CT molecular complexity index is 1150. The highest BCUT2D eigenvalue weighted by Gasteiger charge is 2.21. The fourth-order valence-electron chi connectivity index (χ4n) is 3.34. The molecule has 8 nitrogen and oxygen atoms in total. The molecule has 1 heterocycles. The molecule has 0 amide bonds. The molecule has 3 rings (SSSR count). The van der Waals surface area contributed by atoms with Crippen LogP contribution in [0.25, 0.3) is 11.3 Å². The molecule has 2 aromatic carbocycles. The van der Waals surface area contributed by atoms with Crippen molar-refractivity contribution in [3.05, 3.63) is 66.5 Å². The predicted octanol–water partition coefficient (Wildman–Crippen LogP) is 6.88. The average Bonchev–Trinajstić information content (AvgIpc) is 2.93. The van der Waals surface area contributed by atoms with Gasteiger partial charge in [0.25, 0.3) is 0 Å². The Balaban J connectivity index is 1.87. The molecule has 1 unspecified atom stereocenters. The van der Waals surface area contributed by atoms with Crippen molar-refractivity contribution in [3.8, 4) is 28.6 Å². The van der Waals surface area contributed by atoms with Crippen molar-refractivity contribution >= 4 is 12.1 Å². The van der Waals surface area contributed by atoms with Crippen LogP contribution in [0.1, 0.15) is 63.2 Å². The summed E-state index contributed by atoms with van der Waals surface area (Å²) in [6.45, 7) is 7.10. The van der Waals surface area contributed by atoms with Gasteiger partial charge in [0.15, 0.2) is 0 Å². The van der Waals surface area contributed by atoms with Gasteiger partial charge in [-0.05, 0) is 42.7 Å². The van der Waals surface area contributed by atoms with Crippen molar-refractivity contribution < 1.29 is 28.5 Å². The van der Waals surface area contributed by atoms with E-state index in [2.05, 4.69) is 30.7 Å². The Hall–Kier alpha value is -3.94. The van der Waals surface area contributed by atoms with Crippen LogP contribution in [-0.4, -0.2) is 35.3 Å². The number of unbranched alkanes of at least 4 members (excludes halogenated alkanes) is 3. The summed E-state index contributed by atoms with van der Waals surface area (Å²) in [7, 11) is 0. The smallest absolute Gasteiger partial charge is 0.493 e. The van der Waals surface area contributed by atoms with E-state index in [1.807, 2.05) is 6.07 Å².